The summed E-state index contributed by atoms with van der Waals surface area (Å²) in [6, 6.07) is 6.67. The minimum absolute atomic E-state index is 0.373. The summed E-state index contributed by atoms with van der Waals surface area (Å²) >= 11 is 5.72. The van der Waals surface area contributed by atoms with Crippen molar-refractivity contribution in [3.05, 3.63) is 29.3 Å². The molecular weight excluding hydrogens is 242 g/mol. The highest BCUT2D eigenvalue weighted by molar-refractivity contribution is 6.30. The van der Waals surface area contributed by atoms with Crippen molar-refractivity contribution in [2.24, 2.45) is 5.92 Å². The van der Waals surface area contributed by atoms with Crippen LogP contribution < -0.4 is 5.32 Å². The molecule has 1 rings (SSSR count). The summed E-state index contributed by atoms with van der Waals surface area (Å²) in [6.07, 6.45) is 0.395. The van der Waals surface area contributed by atoms with E-state index in [1.165, 1.54) is 7.11 Å². The van der Waals surface area contributed by atoms with Crippen LogP contribution in [0.1, 0.15) is 13.3 Å². The Bertz CT molecular complexity index is 403. The van der Waals surface area contributed by atoms with E-state index in [1.54, 1.807) is 31.2 Å². The molecule has 1 N–H and O–H groups in total. The molecule has 0 radical (unpaired) electrons. The van der Waals surface area contributed by atoms with Gasteiger partial charge in [-0.1, -0.05) is 18.5 Å². The summed E-state index contributed by atoms with van der Waals surface area (Å²) in [5, 5.41) is 3.22. The van der Waals surface area contributed by atoms with Gasteiger partial charge in [-0.3, -0.25) is 9.59 Å². The first-order valence-corrected chi connectivity index (χ1v) is 5.60. The predicted octanol–water partition coefficient (Wildman–Crippen LogP) is 2.48. The molecule has 5 heteroatoms. The number of hydrogen-bond acceptors (Lipinski definition) is 3. The zero-order valence-corrected chi connectivity index (χ0v) is 10.5. The summed E-state index contributed by atoms with van der Waals surface area (Å²) in [5.41, 5.74) is 0.599. The number of hydrogen-bond donors (Lipinski definition) is 1. The third kappa shape index (κ3) is 3.75. The first-order chi connectivity index (χ1) is 8.08. The molecular formula is C12H14ClNO3. The second-order valence-electron chi connectivity index (χ2n) is 3.48. The molecule has 0 saturated heterocycles. The second kappa shape index (κ2) is 6.25. The van der Waals surface area contributed by atoms with Crippen LogP contribution in [0.5, 0.6) is 0 Å². The zero-order valence-electron chi connectivity index (χ0n) is 9.70. The molecule has 92 valence electrons. The summed E-state index contributed by atoms with van der Waals surface area (Å²) in [6.45, 7) is 1.75. The third-order valence-electron chi connectivity index (χ3n) is 2.32. The Labute approximate surface area is 105 Å². The SMILES string of the molecule is CCC(C(=O)Nc1ccc(Cl)cc1)C(=O)OC. The molecule has 0 aliphatic carbocycles. The lowest BCUT2D eigenvalue weighted by atomic mass is 10.1. The number of carbonyl (C=O) groups excluding carboxylic acids is 2. The highest BCUT2D eigenvalue weighted by Crippen LogP contribution is 2.15. The number of ether oxygens (including phenoxy) is 1. The molecule has 0 bridgehead atoms. The lowest BCUT2D eigenvalue weighted by molar-refractivity contribution is -0.148. The average molecular weight is 256 g/mol. The fourth-order valence-corrected chi connectivity index (χ4v) is 1.49. The Hall–Kier alpha value is -1.55. The van der Waals surface area contributed by atoms with E-state index in [0.717, 1.165) is 0 Å². The van der Waals surface area contributed by atoms with Gasteiger partial charge in [0.2, 0.25) is 5.91 Å². The first kappa shape index (κ1) is 13.5. The van der Waals surface area contributed by atoms with Crippen molar-refractivity contribution in [3.8, 4) is 0 Å². The minimum atomic E-state index is -0.782. The molecule has 0 spiro atoms. The summed E-state index contributed by atoms with van der Waals surface area (Å²) < 4.78 is 4.56. The third-order valence-corrected chi connectivity index (χ3v) is 2.57. The van der Waals surface area contributed by atoms with Crippen LogP contribution in [-0.4, -0.2) is 19.0 Å². The molecule has 1 unspecified atom stereocenters. The van der Waals surface area contributed by atoms with E-state index in [4.69, 9.17) is 11.6 Å². The summed E-state index contributed by atoms with van der Waals surface area (Å²) in [7, 11) is 1.26. The van der Waals surface area contributed by atoms with Crippen molar-refractivity contribution < 1.29 is 14.3 Å². The van der Waals surface area contributed by atoms with E-state index in [2.05, 4.69) is 10.1 Å². The number of amides is 1. The van der Waals surface area contributed by atoms with Crippen LogP contribution in [0.2, 0.25) is 5.02 Å². The fourth-order valence-electron chi connectivity index (χ4n) is 1.36. The lowest BCUT2D eigenvalue weighted by Gasteiger charge is -2.12. The molecule has 1 aromatic rings. The maximum Gasteiger partial charge on any atom is 0.318 e. The van der Waals surface area contributed by atoms with E-state index < -0.39 is 11.9 Å². The Balaban J connectivity index is 2.70. The van der Waals surface area contributed by atoms with Gasteiger partial charge in [0, 0.05) is 10.7 Å². The number of rotatable bonds is 4. The zero-order chi connectivity index (χ0) is 12.8. The van der Waals surface area contributed by atoms with Gasteiger partial charge in [-0.2, -0.15) is 0 Å². The van der Waals surface area contributed by atoms with E-state index in [-0.39, 0.29) is 5.91 Å². The molecule has 1 aromatic carbocycles. The van der Waals surface area contributed by atoms with Crippen molar-refractivity contribution in [1.82, 2.24) is 0 Å². The normalized spacial score (nSPS) is 11.7. The summed E-state index contributed by atoms with van der Waals surface area (Å²) in [4.78, 5) is 23.1. The van der Waals surface area contributed by atoms with Crippen LogP contribution in [0.3, 0.4) is 0 Å². The number of anilines is 1. The number of nitrogens with one attached hydrogen (secondary N) is 1. The van der Waals surface area contributed by atoms with Gasteiger partial charge >= 0.3 is 5.97 Å². The van der Waals surface area contributed by atoms with Gasteiger partial charge in [0.1, 0.15) is 5.92 Å². The Morgan fingerprint density at radius 3 is 2.41 bits per heavy atom. The standard InChI is InChI=1S/C12H14ClNO3/c1-3-10(12(16)17-2)11(15)14-9-6-4-8(13)5-7-9/h4-7,10H,3H2,1-2H3,(H,14,15). The Morgan fingerprint density at radius 1 is 1.35 bits per heavy atom. The van der Waals surface area contributed by atoms with Crippen LogP contribution in [0.25, 0.3) is 0 Å². The Kier molecular flexibility index (Phi) is 4.97. The molecule has 0 aliphatic rings. The molecule has 0 fully saturated rings. The number of methoxy groups -OCH3 is 1. The maximum absolute atomic E-state index is 11.8. The van der Waals surface area contributed by atoms with Gasteiger partial charge in [-0.15, -0.1) is 0 Å². The second-order valence-corrected chi connectivity index (χ2v) is 3.92. The van der Waals surface area contributed by atoms with E-state index in [1.807, 2.05) is 0 Å². The van der Waals surface area contributed by atoms with Crippen LogP contribution in [0.4, 0.5) is 5.69 Å². The van der Waals surface area contributed by atoms with Crippen molar-refractivity contribution in [1.29, 1.82) is 0 Å². The summed E-state index contributed by atoms with van der Waals surface area (Å²) in [5.74, 6) is -1.68. The molecule has 0 aliphatic heterocycles. The first-order valence-electron chi connectivity index (χ1n) is 5.22. The van der Waals surface area contributed by atoms with Gasteiger partial charge in [0.05, 0.1) is 7.11 Å². The van der Waals surface area contributed by atoms with Gasteiger partial charge in [-0.25, -0.2) is 0 Å². The molecule has 0 aromatic heterocycles. The average Bonchev–Trinajstić information content (AvgIpc) is 2.32. The molecule has 17 heavy (non-hydrogen) atoms. The monoisotopic (exact) mass is 255 g/mol. The van der Waals surface area contributed by atoms with Crippen molar-refractivity contribution in [3.63, 3.8) is 0 Å². The molecule has 0 heterocycles. The highest BCUT2D eigenvalue weighted by Gasteiger charge is 2.25. The molecule has 0 saturated carbocycles. The van der Waals surface area contributed by atoms with Gasteiger partial charge in [-0.05, 0) is 30.7 Å². The maximum atomic E-state index is 11.8. The van der Waals surface area contributed by atoms with Gasteiger partial charge in [0.25, 0.3) is 0 Å². The van der Waals surface area contributed by atoms with Crippen LogP contribution in [-0.2, 0) is 14.3 Å². The fraction of sp³-hybridized carbons (Fsp3) is 0.333. The van der Waals surface area contributed by atoms with Gasteiger partial charge < -0.3 is 10.1 Å². The number of esters is 1. The van der Waals surface area contributed by atoms with E-state index in [0.29, 0.717) is 17.1 Å². The topological polar surface area (TPSA) is 55.4 Å². The molecule has 4 nitrogen and oxygen atoms in total. The number of carbonyl (C=O) groups is 2. The van der Waals surface area contributed by atoms with Crippen molar-refractivity contribution in [2.75, 3.05) is 12.4 Å². The number of halogens is 1. The van der Waals surface area contributed by atoms with Gasteiger partial charge in [0.15, 0.2) is 0 Å². The smallest absolute Gasteiger partial charge is 0.318 e. The lowest BCUT2D eigenvalue weighted by Crippen LogP contribution is -2.30. The molecule has 1 amide bonds. The Morgan fingerprint density at radius 2 is 1.94 bits per heavy atom. The van der Waals surface area contributed by atoms with E-state index >= 15 is 0 Å². The van der Waals surface area contributed by atoms with E-state index in [9.17, 15) is 9.59 Å². The quantitative estimate of drug-likeness (QED) is 0.664. The van der Waals surface area contributed by atoms with Crippen molar-refractivity contribution >= 4 is 29.2 Å². The van der Waals surface area contributed by atoms with Crippen LogP contribution >= 0.6 is 11.6 Å². The highest BCUT2D eigenvalue weighted by atomic mass is 35.5. The predicted molar refractivity (Wildman–Crippen MR) is 65.9 cm³/mol. The van der Waals surface area contributed by atoms with Crippen LogP contribution in [0, 0.1) is 5.92 Å². The van der Waals surface area contributed by atoms with Crippen molar-refractivity contribution in [2.45, 2.75) is 13.3 Å². The van der Waals surface area contributed by atoms with Crippen LogP contribution in [0.15, 0.2) is 24.3 Å². The minimum Gasteiger partial charge on any atom is -0.468 e. The molecule has 1 atom stereocenters. The number of benzene rings is 1. The largest absolute Gasteiger partial charge is 0.468 e.